The van der Waals surface area contributed by atoms with E-state index in [4.69, 9.17) is 4.74 Å². The first kappa shape index (κ1) is 13.6. The highest BCUT2D eigenvalue weighted by molar-refractivity contribution is 5.36. The first-order valence-corrected chi connectivity index (χ1v) is 6.65. The molecule has 5 nitrogen and oxygen atoms in total. The van der Waals surface area contributed by atoms with Gasteiger partial charge < -0.3 is 24.8 Å². The van der Waals surface area contributed by atoms with Crippen LogP contribution >= 0.6 is 0 Å². The van der Waals surface area contributed by atoms with Gasteiger partial charge in [-0.1, -0.05) is 6.08 Å². The van der Waals surface area contributed by atoms with Gasteiger partial charge in [-0.2, -0.15) is 0 Å². The molecule has 1 unspecified atom stereocenters. The van der Waals surface area contributed by atoms with Gasteiger partial charge in [0.1, 0.15) is 17.8 Å². The lowest BCUT2D eigenvalue weighted by Crippen LogP contribution is -2.28. The fourth-order valence-electron chi connectivity index (χ4n) is 2.60. The normalized spacial score (nSPS) is 27.7. The molecule has 110 valence electrons. The summed E-state index contributed by atoms with van der Waals surface area (Å²) in [5.41, 5.74) is 0.940. The Labute approximate surface area is 122 Å². The number of phenols is 1. The second-order valence-corrected chi connectivity index (χ2v) is 5.02. The van der Waals surface area contributed by atoms with Gasteiger partial charge in [0.25, 0.3) is 0 Å². The Bertz CT molecular complexity index is 627. The van der Waals surface area contributed by atoms with Gasteiger partial charge in [0.2, 0.25) is 11.9 Å². The average Bonchev–Trinajstić information content (AvgIpc) is 2.49. The minimum absolute atomic E-state index is 0.172. The zero-order chi connectivity index (χ0) is 15.0. The standard InChI is InChI=1S/C16H16O5/c1-20-16-11-6-7-13(9-2-4-10(17)5-3-9)21-14(11)8-12(18)15(16)19/h2-8,11-13,17-19H,1H3/p+1/t11-,12+,13?/m1/s1. The van der Waals surface area contributed by atoms with E-state index in [-0.39, 0.29) is 23.5 Å². The molecular formula is C16H17O5+. The Morgan fingerprint density at radius 3 is 2.48 bits per heavy atom. The monoisotopic (exact) mass is 289 g/mol. The maximum Gasteiger partial charge on any atom is 0.244 e. The Balaban J connectivity index is 1.91. The van der Waals surface area contributed by atoms with Crippen molar-refractivity contribution in [1.82, 2.24) is 0 Å². The van der Waals surface area contributed by atoms with Crippen molar-refractivity contribution in [3.05, 3.63) is 65.3 Å². The Kier molecular flexibility index (Phi) is 3.35. The molecular weight excluding hydrogens is 272 g/mol. The molecule has 5 heteroatoms. The van der Waals surface area contributed by atoms with Crippen LogP contribution in [0.5, 0.6) is 5.75 Å². The van der Waals surface area contributed by atoms with Crippen LogP contribution in [0.4, 0.5) is 0 Å². The van der Waals surface area contributed by atoms with Crippen LogP contribution in [0.25, 0.3) is 0 Å². The second kappa shape index (κ2) is 5.18. The van der Waals surface area contributed by atoms with Crippen molar-refractivity contribution < 1.29 is 24.8 Å². The van der Waals surface area contributed by atoms with Crippen molar-refractivity contribution in [2.75, 3.05) is 7.11 Å². The molecule has 0 saturated carbocycles. The minimum Gasteiger partial charge on any atom is -0.577 e. The summed E-state index contributed by atoms with van der Waals surface area (Å²) < 4.78 is 9.78. The van der Waals surface area contributed by atoms with Crippen LogP contribution in [0.15, 0.2) is 59.8 Å². The fourth-order valence-corrected chi connectivity index (χ4v) is 2.60. The molecule has 1 aromatic carbocycles. The molecule has 21 heavy (non-hydrogen) atoms. The maximum absolute atomic E-state index is 9.85. The first-order chi connectivity index (χ1) is 10.1. The minimum atomic E-state index is -1.10. The highest BCUT2D eigenvalue weighted by Gasteiger charge is 2.38. The summed E-state index contributed by atoms with van der Waals surface area (Å²) in [7, 11) is 1.46. The summed E-state index contributed by atoms with van der Waals surface area (Å²) >= 11 is 0. The van der Waals surface area contributed by atoms with Crippen molar-refractivity contribution in [1.29, 1.82) is 0 Å². The van der Waals surface area contributed by atoms with Gasteiger partial charge in [-0.05, 0) is 24.3 Å². The van der Waals surface area contributed by atoms with Gasteiger partial charge in [0.05, 0.1) is 7.11 Å². The van der Waals surface area contributed by atoms with Crippen molar-refractivity contribution in [3.63, 3.8) is 0 Å². The molecule has 0 saturated heterocycles. The molecule has 0 bridgehead atoms. The highest BCUT2D eigenvalue weighted by Crippen LogP contribution is 2.37. The molecule has 0 fully saturated rings. The number of benzene rings is 1. The predicted octanol–water partition coefficient (Wildman–Crippen LogP) is 1.82. The Morgan fingerprint density at radius 2 is 1.81 bits per heavy atom. The van der Waals surface area contributed by atoms with E-state index in [9.17, 15) is 15.3 Å². The number of ether oxygens (including phenoxy) is 2. The van der Waals surface area contributed by atoms with Crippen molar-refractivity contribution in [3.8, 4) is 5.75 Å². The molecule has 0 amide bonds. The number of methoxy groups -OCH3 is 1. The third-order valence-corrected chi connectivity index (χ3v) is 3.69. The third kappa shape index (κ3) is 2.36. The molecule has 0 radical (unpaired) electrons. The summed E-state index contributed by atoms with van der Waals surface area (Å²) in [6.07, 6.45) is 4.07. The summed E-state index contributed by atoms with van der Waals surface area (Å²) in [5, 5.41) is 29.0. The van der Waals surface area contributed by atoms with Crippen LogP contribution in [0.2, 0.25) is 0 Å². The van der Waals surface area contributed by atoms with Gasteiger partial charge in [0, 0.05) is 17.7 Å². The van der Waals surface area contributed by atoms with Crippen LogP contribution in [-0.2, 0) is 4.74 Å². The largest absolute Gasteiger partial charge is 0.577 e. The van der Waals surface area contributed by atoms with E-state index < -0.39 is 6.10 Å². The number of aliphatic hydroxyl groups is 4. The topological polar surface area (TPSA) is 82.7 Å². The van der Waals surface area contributed by atoms with Crippen molar-refractivity contribution in [2.24, 2.45) is 5.92 Å². The van der Waals surface area contributed by atoms with Gasteiger partial charge in [-0.3, -0.25) is 0 Å². The maximum atomic E-state index is 9.85. The molecule has 4 N–H and O–H groups in total. The van der Waals surface area contributed by atoms with E-state index in [0.29, 0.717) is 11.5 Å². The molecule has 3 atom stereocenters. The van der Waals surface area contributed by atoms with Crippen LogP contribution in [0, 0.1) is 5.92 Å². The van der Waals surface area contributed by atoms with E-state index in [1.54, 1.807) is 24.3 Å². The lowest BCUT2D eigenvalue weighted by atomic mass is 9.91. The van der Waals surface area contributed by atoms with E-state index in [1.807, 2.05) is 12.2 Å². The SMILES string of the molecule is COC1=C(O)[C@@H](O)C=C2[OH+]C(c3ccc(O)cc3)C=C[C@H]21. The van der Waals surface area contributed by atoms with E-state index in [2.05, 4.69) is 4.74 Å². The number of phenolic OH excluding ortho intramolecular Hbond substituents is 1. The number of hydrogen-bond donors (Lipinski definition) is 3. The molecule has 1 aliphatic carbocycles. The number of aromatic hydroxyl groups is 1. The summed E-state index contributed by atoms with van der Waals surface area (Å²) in [6.45, 7) is 0. The van der Waals surface area contributed by atoms with Gasteiger partial charge >= 0.3 is 0 Å². The van der Waals surface area contributed by atoms with Crippen LogP contribution in [0.1, 0.15) is 11.7 Å². The van der Waals surface area contributed by atoms with Crippen LogP contribution in [0.3, 0.4) is 0 Å². The van der Waals surface area contributed by atoms with Crippen molar-refractivity contribution >= 4 is 0 Å². The van der Waals surface area contributed by atoms with E-state index in [1.165, 1.54) is 13.2 Å². The molecule has 1 heterocycles. The summed E-state index contributed by atoms with van der Waals surface area (Å²) in [5.74, 6) is 0.751. The number of hydrogen-bond acceptors (Lipinski definition) is 4. The number of aliphatic hydroxyl groups excluding tert-OH is 2. The highest BCUT2D eigenvalue weighted by atomic mass is 16.5. The number of fused-ring (bicyclic) bond motifs is 1. The molecule has 0 spiro atoms. The molecule has 3 rings (SSSR count). The van der Waals surface area contributed by atoms with Crippen LogP contribution < -0.4 is 0 Å². The van der Waals surface area contributed by atoms with E-state index in [0.717, 1.165) is 5.56 Å². The third-order valence-electron chi connectivity index (χ3n) is 3.69. The van der Waals surface area contributed by atoms with Gasteiger partial charge in [-0.25, -0.2) is 0 Å². The van der Waals surface area contributed by atoms with Crippen molar-refractivity contribution in [2.45, 2.75) is 12.2 Å². The first-order valence-electron chi connectivity index (χ1n) is 6.65. The second-order valence-electron chi connectivity index (χ2n) is 5.02. The zero-order valence-electron chi connectivity index (χ0n) is 11.5. The molecule has 1 aliphatic heterocycles. The van der Waals surface area contributed by atoms with Crippen LogP contribution in [-0.4, -0.2) is 33.3 Å². The lowest BCUT2D eigenvalue weighted by molar-refractivity contribution is -0.0480. The molecule has 1 aromatic rings. The predicted molar refractivity (Wildman–Crippen MR) is 76.5 cm³/mol. The lowest BCUT2D eigenvalue weighted by Gasteiger charge is -2.29. The smallest absolute Gasteiger partial charge is 0.244 e. The van der Waals surface area contributed by atoms with Gasteiger partial charge in [-0.15, -0.1) is 0 Å². The molecule has 2 aliphatic rings. The zero-order valence-corrected chi connectivity index (χ0v) is 11.5. The Morgan fingerprint density at radius 1 is 1.10 bits per heavy atom. The fraction of sp³-hybridized carbons (Fsp3) is 0.250. The average molecular weight is 289 g/mol. The molecule has 0 aromatic heterocycles. The van der Waals surface area contributed by atoms with Gasteiger partial charge in [0.15, 0.2) is 11.5 Å². The Hall–Kier alpha value is -2.40. The van der Waals surface area contributed by atoms with E-state index >= 15 is 0 Å². The number of rotatable bonds is 2. The summed E-state index contributed by atoms with van der Waals surface area (Å²) in [4.78, 5) is 0. The summed E-state index contributed by atoms with van der Waals surface area (Å²) in [6, 6.07) is 6.83. The quantitative estimate of drug-likeness (QED) is 0.573.